The summed E-state index contributed by atoms with van der Waals surface area (Å²) in [7, 11) is 0. The van der Waals surface area contributed by atoms with Crippen LogP contribution in [0.3, 0.4) is 0 Å². The van der Waals surface area contributed by atoms with Crippen molar-refractivity contribution >= 4 is 17.7 Å². The van der Waals surface area contributed by atoms with Crippen LogP contribution in [0, 0.1) is 5.82 Å². The predicted octanol–water partition coefficient (Wildman–Crippen LogP) is 3.54. The maximum absolute atomic E-state index is 13.3. The van der Waals surface area contributed by atoms with E-state index in [1.54, 1.807) is 12.1 Å². The molecule has 7 heteroatoms. The maximum atomic E-state index is 13.3. The molecule has 1 atom stereocenters. The van der Waals surface area contributed by atoms with Crippen molar-refractivity contribution in [2.24, 2.45) is 0 Å². The summed E-state index contributed by atoms with van der Waals surface area (Å²) in [6, 6.07) is 16.1. The Hall–Kier alpha value is -2.67. The smallest absolute Gasteiger partial charge is 0.319 e. The Bertz CT molecular complexity index is 912. The normalized spacial score (nSPS) is 16.7. The summed E-state index contributed by atoms with van der Waals surface area (Å²) >= 11 is 1.36. The lowest BCUT2D eigenvalue weighted by Gasteiger charge is -2.11. The Balaban J connectivity index is 1.71. The van der Waals surface area contributed by atoms with E-state index in [-0.39, 0.29) is 17.0 Å². The minimum Gasteiger partial charge on any atom is -0.465 e. The van der Waals surface area contributed by atoms with Gasteiger partial charge in [0, 0.05) is 12.0 Å². The molecular formula is C19H16FN3O2S. The Kier molecular flexibility index (Phi) is 4.71. The molecule has 26 heavy (non-hydrogen) atoms. The molecule has 0 spiro atoms. The Labute approximate surface area is 154 Å². The van der Waals surface area contributed by atoms with Crippen LogP contribution in [0.15, 0.2) is 59.8 Å². The fourth-order valence-corrected chi connectivity index (χ4v) is 3.81. The van der Waals surface area contributed by atoms with Gasteiger partial charge in [-0.1, -0.05) is 42.1 Å². The summed E-state index contributed by atoms with van der Waals surface area (Å²) in [5.74, 6) is 0.126. The summed E-state index contributed by atoms with van der Waals surface area (Å²) in [5.41, 5.74) is 1.86. The van der Waals surface area contributed by atoms with Crippen molar-refractivity contribution in [1.29, 1.82) is 0 Å². The summed E-state index contributed by atoms with van der Waals surface area (Å²) in [6.07, 6.45) is 0.660. The van der Waals surface area contributed by atoms with Gasteiger partial charge in [-0.05, 0) is 29.8 Å². The summed E-state index contributed by atoms with van der Waals surface area (Å²) < 4.78 is 20.3. The first-order chi connectivity index (χ1) is 12.7. The number of aromatic nitrogens is 3. The number of carbonyl (C=O) groups excluding carboxylic acids is 1. The first-order valence-electron chi connectivity index (χ1n) is 8.27. The molecule has 2 aromatic carbocycles. The van der Waals surface area contributed by atoms with Crippen LogP contribution in [0.25, 0.3) is 11.4 Å². The van der Waals surface area contributed by atoms with E-state index >= 15 is 0 Å². The first kappa shape index (κ1) is 16.8. The zero-order chi connectivity index (χ0) is 17.9. The summed E-state index contributed by atoms with van der Waals surface area (Å²) in [6.45, 7) is 0.999. The number of benzene rings is 2. The number of nitrogens with zero attached hydrogens (tertiary/aromatic N) is 3. The van der Waals surface area contributed by atoms with Crippen molar-refractivity contribution in [3.63, 3.8) is 0 Å². The lowest BCUT2D eigenvalue weighted by Crippen LogP contribution is -2.12. The van der Waals surface area contributed by atoms with E-state index in [9.17, 15) is 9.18 Å². The van der Waals surface area contributed by atoms with E-state index in [0.29, 0.717) is 30.6 Å². The van der Waals surface area contributed by atoms with Crippen molar-refractivity contribution in [3.05, 3.63) is 66.0 Å². The third-order valence-electron chi connectivity index (χ3n) is 4.14. The average Bonchev–Trinajstić information content (AvgIpc) is 3.24. The van der Waals surface area contributed by atoms with E-state index in [2.05, 4.69) is 10.2 Å². The van der Waals surface area contributed by atoms with E-state index in [1.807, 2.05) is 34.9 Å². The Morgan fingerprint density at radius 1 is 1.12 bits per heavy atom. The highest BCUT2D eigenvalue weighted by molar-refractivity contribution is 8.00. The molecule has 4 rings (SSSR count). The monoisotopic (exact) mass is 369 g/mol. The number of hydrogen-bond donors (Lipinski definition) is 0. The molecular weight excluding hydrogens is 353 g/mol. The Morgan fingerprint density at radius 3 is 2.58 bits per heavy atom. The van der Waals surface area contributed by atoms with Gasteiger partial charge in [0.25, 0.3) is 0 Å². The Morgan fingerprint density at radius 2 is 1.88 bits per heavy atom. The van der Waals surface area contributed by atoms with Crippen LogP contribution < -0.4 is 0 Å². The molecule has 0 radical (unpaired) electrons. The van der Waals surface area contributed by atoms with E-state index in [4.69, 9.17) is 4.74 Å². The van der Waals surface area contributed by atoms with Crippen LogP contribution >= 0.6 is 11.8 Å². The van der Waals surface area contributed by atoms with Gasteiger partial charge in [0.2, 0.25) is 0 Å². The van der Waals surface area contributed by atoms with Crippen molar-refractivity contribution in [2.45, 2.75) is 23.4 Å². The molecule has 0 N–H and O–H groups in total. The quantitative estimate of drug-likeness (QED) is 0.644. The summed E-state index contributed by atoms with van der Waals surface area (Å²) in [4.78, 5) is 11.8. The van der Waals surface area contributed by atoms with Gasteiger partial charge >= 0.3 is 5.97 Å². The third kappa shape index (κ3) is 3.48. The molecule has 1 aliphatic heterocycles. The molecule has 5 nitrogen and oxygen atoms in total. The fraction of sp³-hybridized carbons (Fsp3) is 0.211. The SMILES string of the molecule is O=C1OCC[C@@H]1Sc1nnc(-c2ccc(F)cc2)n1Cc1ccccc1. The highest BCUT2D eigenvalue weighted by Gasteiger charge is 2.30. The zero-order valence-corrected chi connectivity index (χ0v) is 14.7. The standard InChI is InChI=1S/C19H16FN3O2S/c20-15-8-6-14(7-9-15)17-21-22-19(26-16-10-11-25-18(16)24)23(17)12-13-4-2-1-3-5-13/h1-9,16H,10-12H2/t16-/m0/s1. The molecule has 1 saturated heterocycles. The zero-order valence-electron chi connectivity index (χ0n) is 13.8. The number of rotatable bonds is 5. The minimum absolute atomic E-state index is 0.215. The van der Waals surface area contributed by atoms with Crippen molar-refractivity contribution in [2.75, 3.05) is 6.61 Å². The second-order valence-corrected chi connectivity index (χ2v) is 7.12. The van der Waals surface area contributed by atoms with Crippen LogP contribution in [0.4, 0.5) is 4.39 Å². The second-order valence-electron chi connectivity index (χ2n) is 5.95. The second kappa shape index (κ2) is 7.29. The number of thioether (sulfide) groups is 1. The fourth-order valence-electron chi connectivity index (χ4n) is 2.81. The van der Waals surface area contributed by atoms with Crippen LogP contribution in [0.1, 0.15) is 12.0 Å². The average molecular weight is 369 g/mol. The first-order valence-corrected chi connectivity index (χ1v) is 9.15. The highest BCUT2D eigenvalue weighted by Crippen LogP contribution is 2.31. The van der Waals surface area contributed by atoms with Crippen LogP contribution in [0.5, 0.6) is 0 Å². The van der Waals surface area contributed by atoms with Gasteiger partial charge in [0.1, 0.15) is 11.1 Å². The number of cyclic esters (lactones) is 1. The van der Waals surface area contributed by atoms with Gasteiger partial charge in [0.05, 0.1) is 13.2 Å². The minimum atomic E-state index is -0.300. The molecule has 1 fully saturated rings. The highest BCUT2D eigenvalue weighted by atomic mass is 32.2. The molecule has 132 valence electrons. The maximum Gasteiger partial charge on any atom is 0.319 e. The number of halogens is 1. The molecule has 3 aromatic rings. The molecule has 1 aliphatic rings. The van der Waals surface area contributed by atoms with Crippen LogP contribution in [-0.2, 0) is 16.1 Å². The number of hydrogen-bond acceptors (Lipinski definition) is 5. The molecule has 0 saturated carbocycles. The van der Waals surface area contributed by atoms with E-state index < -0.39 is 0 Å². The number of carbonyl (C=O) groups is 1. The van der Waals surface area contributed by atoms with Gasteiger partial charge in [0.15, 0.2) is 11.0 Å². The molecule has 0 bridgehead atoms. The lowest BCUT2D eigenvalue weighted by molar-refractivity contribution is -0.137. The largest absolute Gasteiger partial charge is 0.465 e. The topological polar surface area (TPSA) is 57.0 Å². The molecule has 2 heterocycles. The van der Waals surface area contributed by atoms with Gasteiger partial charge in [-0.25, -0.2) is 4.39 Å². The number of ether oxygens (including phenoxy) is 1. The van der Waals surface area contributed by atoms with Gasteiger partial charge in [-0.2, -0.15) is 0 Å². The predicted molar refractivity (Wildman–Crippen MR) is 96.2 cm³/mol. The molecule has 0 unspecified atom stereocenters. The van der Waals surface area contributed by atoms with E-state index in [1.165, 1.54) is 23.9 Å². The van der Waals surface area contributed by atoms with Gasteiger partial charge in [-0.15, -0.1) is 10.2 Å². The van der Waals surface area contributed by atoms with Gasteiger partial charge in [-0.3, -0.25) is 9.36 Å². The lowest BCUT2D eigenvalue weighted by atomic mass is 10.2. The third-order valence-corrected chi connectivity index (χ3v) is 5.36. The molecule has 1 aromatic heterocycles. The number of esters is 1. The van der Waals surface area contributed by atoms with E-state index in [0.717, 1.165) is 11.1 Å². The van der Waals surface area contributed by atoms with Gasteiger partial charge < -0.3 is 4.74 Å². The molecule has 0 amide bonds. The summed E-state index contributed by atoms with van der Waals surface area (Å²) in [5, 5.41) is 8.96. The van der Waals surface area contributed by atoms with Crippen molar-refractivity contribution in [1.82, 2.24) is 14.8 Å². The van der Waals surface area contributed by atoms with Crippen molar-refractivity contribution < 1.29 is 13.9 Å². The van der Waals surface area contributed by atoms with Crippen LogP contribution in [0.2, 0.25) is 0 Å². The molecule has 0 aliphatic carbocycles. The van der Waals surface area contributed by atoms with Crippen LogP contribution in [-0.4, -0.2) is 32.6 Å². The van der Waals surface area contributed by atoms with Crippen molar-refractivity contribution in [3.8, 4) is 11.4 Å².